The second-order valence-electron chi connectivity index (χ2n) is 9.11. The van der Waals surface area contributed by atoms with E-state index in [2.05, 4.69) is 50.9 Å². The number of likely N-dealkylation sites (N-methyl/N-ethyl adjacent to an activating group) is 1. The lowest BCUT2D eigenvalue weighted by atomic mass is 9.95. The van der Waals surface area contributed by atoms with Crippen molar-refractivity contribution in [1.29, 1.82) is 0 Å². The zero-order valence-corrected chi connectivity index (χ0v) is 16.5. The molecular formula is C22H32N4O. The number of piperazine rings is 1. The molecule has 1 aromatic carbocycles. The fraction of sp³-hybridized carbons (Fsp3) is 0.682. The first kappa shape index (κ1) is 17.5. The Morgan fingerprint density at radius 3 is 2.30 bits per heavy atom. The van der Waals surface area contributed by atoms with Crippen LogP contribution in [0.2, 0.25) is 0 Å². The van der Waals surface area contributed by atoms with Gasteiger partial charge in [0.1, 0.15) is 0 Å². The molecule has 4 aliphatic heterocycles. The SMILES string of the molecule is CN1CCN(C(=O)N2C[C@H]3CC[C@@H]2CN(C2Cc4ccccc4C2)C3)CC1. The molecule has 2 amide bonds. The van der Waals surface area contributed by atoms with Gasteiger partial charge >= 0.3 is 6.03 Å². The molecule has 6 rings (SSSR count). The van der Waals surface area contributed by atoms with Crippen LogP contribution in [-0.4, -0.2) is 90.6 Å². The average molecular weight is 369 g/mol. The smallest absolute Gasteiger partial charge is 0.320 e. The number of hydrogen-bond donors (Lipinski definition) is 0. The summed E-state index contributed by atoms with van der Waals surface area (Å²) >= 11 is 0. The molecule has 2 atom stereocenters. The van der Waals surface area contributed by atoms with Crippen LogP contribution >= 0.6 is 0 Å². The van der Waals surface area contributed by atoms with Crippen molar-refractivity contribution in [2.75, 3.05) is 52.9 Å². The number of carbonyl (C=O) groups excluding carboxylic acids is 1. The van der Waals surface area contributed by atoms with Crippen LogP contribution in [0.25, 0.3) is 0 Å². The number of piperidine rings is 1. The van der Waals surface area contributed by atoms with Crippen LogP contribution in [0.1, 0.15) is 24.0 Å². The Morgan fingerprint density at radius 2 is 1.59 bits per heavy atom. The zero-order valence-electron chi connectivity index (χ0n) is 16.5. The first-order valence-corrected chi connectivity index (χ1v) is 10.7. The summed E-state index contributed by atoms with van der Waals surface area (Å²) in [5.74, 6) is 0.642. The minimum absolute atomic E-state index is 0.300. The molecule has 5 nitrogen and oxygen atoms in total. The molecule has 2 bridgehead atoms. The maximum Gasteiger partial charge on any atom is 0.320 e. The summed E-state index contributed by atoms with van der Waals surface area (Å²) in [6.45, 7) is 6.96. The third-order valence-corrected chi connectivity index (χ3v) is 7.31. The molecule has 1 aliphatic carbocycles. The van der Waals surface area contributed by atoms with Gasteiger partial charge in [0.15, 0.2) is 0 Å². The van der Waals surface area contributed by atoms with Gasteiger partial charge in [0.2, 0.25) is 0 Å². The summed E-state index contributed by atoms with van der Waals surface area (Å²) in [6.07, 6.45) is 4.83. The monoisotopic (exact) mass is 368 g/mol. The van der Waals surface area contributed by atoms with Crippen molar-refractivity contribution < 1.29 is 4.79 Å². The fourth-order valence-electron chi connectivity index (χ4n) is 5.62. The number of hydrogen-bond acceptors (Lipinski definition) is 3. The highest BCUT2D eigenvalue weighted by atomic mass is 16.2. The molecule has 0 spiro atoms. The Hall–Kier alpha value is -1.59. The second-order valence-corrected chi connectivity index (χ2v) is 9.11. The molecule has 0 unspecified atom stereocenters. The number of benzene rings is 1. The fourth-order valence-corrected chi connectivity index (χ4v) is 5.62. The Morgan fingerprint density at radius 1 is 0.889 bits per heavy atom. The van der Waals surface area contributed by atoms with Crippen molar-refractivity contribution in [2.45, 2.75) is 37.8 Å². The number of rotatable bonds is 1. The van der Waals surface area contributed by atoms with Gasteiger partial charge in [0.05, 0.1) is 0 Å². The van der Waals surface area contributed by atoms with Gasteiger partial charge in [0.25, 0.3) is 0 Å². The van der Waals surface area contributed by atoms with Crippen LogP contribution in [0.15, 0.2) is 24.3 Å². The Bertz CT molecular complexity index is 674. The average Bonchev–Trinajstić information content (AvgIpc) is 2.91. The summed E-state index contributed by atoms with van der Waals surface area (Å²) < 4.78 is 0. The molecule has 4 heterocycles. The van der Waals surface area contributed by atoms with E-state index in [0.29, 0.717) is 24.0 Å². The molecule has 5 aliphatic rings. The van der Waals surface area contributed by atoms with Crippen molar-refractivity contribution >= 4 is 6.03 Å². The normalized spacial score (nSPS) is 29.8. The van der Waals surface area contributed by atoms with Gasteiger partial charge in [-0.25, -0.2) is 4.79 Å². The van der Waals surface area contributed by atoms with E-state index in [-0.39, 0.29) is 0 Å². The van der Waals surface area contributed by atoms with Crippen molar-refractivity contribution in [3.8, 4) is 0 Å². The standard InChI is InChI=1S/C22H32N4O/c1-23-8-10-24(11-9-23)22(27)26-15-17-6-7-20(26)16-25(14-17)21-12-18-4-2-3-5-19(18)13-21/h2-5,17,20-21H,6-16H2,1H3/t17-,20+/m0/s1. The number of carbonyl (C=O) groups is 1. The maximum atomic E-state index is 13.2. The minimum Gasteiger partial charge on any atom is -0.322 e. The predicted octanol–water partition coefficient (Wildman–Crippen LogP) is 1.92. The van der Waals surface area contributed by atoms with E-state index in [4.69, 9.17) is 0 Å². The van der Waals surface area contributed by atoms with E-state index in [0.717, 1.165) is 39.3 Å². The Kier molecular flexibility index (Phi) is 4.60. The summed E-state index contributed by atoms with van der Waals surface area (Å²) in [5.41, 5.74) is 3.06. The van der Waals surface area contributed by atoms with Crippen LogP contribution in [0.4, 0.5) is 4.79 Å². The highest BCUT2D eigenvalue weighted by Gasteiger charge is 2.41. The van der Waals surface area contributed by atoms with Gasteiger partial charge in [-0.15, -0.1) is 0 Å². The first-order valence-electron chi connectivity index (χ1n) is 10.7. The number of urea groups is 1. The first-order chi connectivity index (χ1) is 13.2. The van der Waals surface area contributed by atoms with Gasteiger partial charge in [0, 0.05) is 57.9 Å². The largest absolute Gasteiger partial charge is 0.322 e. The third-order valence-electron chi connectivity index (χ3n) is 7.31. The molecule has 27 heavy (non-hydrogen) atoms. The summed E-state index contributed by atoms with van der Waals surface area (Å²) in [5, 5.41) is 0. The van der Waals surface area contributed by atoms with Crippen LogP contribution in [0.3, 0.4) is 0 Å². The molecule has 4 saturated heterocycles. The van der Waals surface area contributed by atoms with Gasteiger partial charge in [-0.05, 0) is 49.8 Å². The highest BCUT2D eigenvalue weighted by Crippen LogP contribution is 2.33. The van der Waals surface area contributed by atoms with Gasteiger partial charge in [-0.3, -0.25) is 4.90 Å². The maximum absolute atomic E-state index is 13.2. The van der Waals surface area contributed by atoms with Gasteiger partial charge in [-0.2, -0.15) is 0 Å². The van der Waals surface area contributed by atoms with Gasteiger partial charge < -0.3 is 14.7 Å². The van der Waals surface area contributed by atoms with Gasteiger partial charge in [-0.1, -0.05) is 24.3 Å². The molecule has 146 valence electrons. The molecule has 4 fully saturated rings. The van der Waals surface area contributed by atoms with Crippen molar-refractivity contribution in [2.24, 2.45) is 5.92 Å². The third kappa shape index (κ3) is 3.36. The summed E-state index contributed by atoms with van der Waals surface area (Å²) in [4.78, 5) is 22.6. The molecule has 0 radical (unpaired) electrons. The molecule has 5 heteroatoms. The van der Waals surface area contributed by atoms with Crippen molar-refractivity contribution in [1.82, 2.24) is 19.6 Å². The minimum atomic E-state index is 0.300. The highest BCUT2D eigenvalue weighted by molar-refractivity contribution is 5.75. The zero-order chi connectivity index (χ0) is 18.4. The topological polar surface area (TPSA) is 30.0 Å². The molecule has 0 saturated carbocycles. The van der Waals surface area contributed by atoms with E-state index >= 15 is 0 Å². The lowest BCUT2D eigenvalue weighted by Gasteiger charge is -2.41. The lowest BCUT2D eigenvalue weighted by Crippen LogP contribution is -2.56. The number of amides is 2. The molecule has 1 aromatic rings. The van der Waals surface area contributed by atoms with Crippen LogP contribution in [0.5, 0.6) is 0 Å². The van der Waals surface area contributed by atoms with E-state index in [1.807, 2.05) is 0 Å². The summed E-state index contributed by atoms with van der Waals surface area (Å²) in [6, 6.07) is 10.3. The Balaban J connectivity index is 1.27. The lowest BCUT2D eigenvalue weighted by molar-refractivity contribution is 0.0888. The van der Waals surface area contributed by atoms with E-state index < -0.39 is 0 Å². The summed E-state index contributed by atoms with van der Waals surface area (Å²) in [7, 11) is 2.15. The predicted molar refractivity (Wildman–Crippen MR) is 107 cm³/mol. The quantitative estimate of drug-likeness (QED) is 0.759. The van der Waals surface area contributed by atoms with Crippen molar-refractivity contribution in [3.05, 3.63) is 35.4 Å². The molecular weight excluding hydrogens is 336 g/mol. The number of nitrogens with zero attached hydrogens (tertiary/aromatic N) is 4. The number of fused-ring (bicyclic) bond motifs is 5. The Labute approximate surface area is 162 Å². The van der Waals surface area contributed by atoms with Crippen LogP contribution < -0.4 is 0 Å². The second kappa shape index (κ2) is 7.10. The van der Waals surface area contributed by atoms with Crippen molar-refractivity contribution in [3.63, 3.8) is 0 Å². The van der Waals surface area contributed by atoms with Crippen LogP contribution in [-0.2, 0) is 12.8 Å². The molecule has 0 aromatic heterocycles. The van der Waals surface area contributed by atoms with E-state index in [1.165, 1.54) is 43.4 Å². The van der Waals surface area contributed by atoms with Crippen LogP contribution in [0, 0.1) is 5.92 Å². The van der Waals surface area contributed by atoms with E-state index in [9.17, 15) is 4.79 Å². The molecule has 0 N–H and O–H groups in total. The van der Waals surface area contributed by atoms with E-state index in [1.54, 1.807) is 0 Å².